The Labute approximate surface area is 120 Å². The zero-order chi connectivity index (χ0) is 15.6. The Morgan fingerprint density at radius 2 is 1.81 bits per heavy atom. The van der Waals surface area contributed by atoms with E-state index in [0.29, 0.717) is 11.3 Å². The Morgan fingerprint density at radius 1 is 1.14 bits per heavy atom. The molecule has 0 saturated heterocycles. The summed E-state index contributed by atoms with van der Waals surface area (Å²) in [5, 5.41) is 11.1. The van der Waals surface area contributed by atoms with Crippen molar-refractivity contribution in [3.63, 3.8) is 0 Å². The third kappa shape index (κ3) is 3.07. The Balaban J connectivity index is 2.04. The second-order valence-electron chi connectivity index (χ2n) is 4.73. The molecule has 1 aromatic rings. The maximum Gasteiger partial charge on any atom is 0.303 e. The van der Waals surface area contributed by atoms with Gasteiger partial charge in [-0.25, -0.2) is 0 Å². The molecule has 0 radical (unpaired) electrons. The number of aliphatic carboxylic acids is 1. The van der Waals surface area contributed by atoms with Gasteiger partial charge in [-0.3, -0.25) is 24.1 Å². The van der Waals surface area contributed by atoms with Crippen molar-refractivity contribution in [2.24, 2.45) is 0 Å². The molecule has 0 atom stereocenters. The summed E-state index contributed by atoms with van der Waals surface area (Å²) >= 11 is 0. The van der Waals surface area contributed by atoms with Gasteiger partial charge in [0.2, 0.25) is 5.91 Å². The Hall–Kier alpha value is -2.70. The lowest BCUT2D eigenvalue weighted by Crippen LogP contribution is -2.24. The van der Waals surface area contributed by atoms with Crippen molar-refractivity contribution < 1.29 is 24.3 Å². The first kappa shape index (κ1) is 14.7. The number of carboxylic acid groups (broad SMARTS) is 1. The quantitative estimate of drug-likeness (QED) is 0.790. The molecule has 7 nitrogen and oxygen atoms in total. The first-order valence-corrected chi connectivity index (χ1v) is 6.38. The minimum Gasteiger partial charge on any atom is -0.481 e. The van der Waals surface area contributed by atoms with Crippen LogP contribution in [0.1, 0.15) is 40.0 Å². The highest BCUT2D eigenvalue weighted by atomic mass is 16.4. The highest BCUT2D eigenvalue weighted by Crippen LogP contribution is 2.24. The van der Waals surface area contributed by atoms with Gasteiger partial charge in [0, 0.05) is 25.6 Å². The van der Waals surface area contributed by atoms with E-state index in [0.717, 1.165) is 4.90 Å². The van der Waals surface area contributed by atoms with E-state index < -0.39 is 11.9 Å². The molecular formula is C14H14N2O5. The van der Waals surface area contributed by atoms with E-state index in [1.165, 1.54) is 25.2 Å². The molecule has 0 saturated carbocycles. The van der Waals surface area contributed by atoms with Crippen LogP contribution >= 0.6 is 0 Å². The van der Waals surface area contributed by atoms with Gasteiger partial charge < -0.3 is 10.4 Å². The number of rotatable bonds is 5. The second-order valence-corrected chi connectivity index (χ2v) is 4.73. The lowest BCUT2D eigenvalue weighted by molar-refractivity contribution is -0.137. The summed E-state index contributed by atoms with van der Waals surface area (Å²) in [5.74, 6) is -2.06. The van der Waals surface area contributed by atoms with Crippen molar-refractivity contribution in [2.75, 3.05) is 12.4 Å². The monoisotopic (exact) mass is 290 g/mol. The first-order valence-electron chi connectivity index (χ1n) is 6.38. The van der Waals surface area contributed by atoms with Gasteiger partial charge in [0.25, 0.3) is 11.8 Å². The number of carboxylic acids is 1. The summed E-state index contributed by atoms with van der Waals surface area (Å²) in [5.41, 5.74) is 0.975. The molecular weight excluding hydrogens is 276 g/mol. The number of carbonyl (C=O) groups is 4. The fraction of sp³-hybridized carbons (Fsp3) is 0.286. The van der Waals surface area contributed by atoms with Crippen LogP contribution in [0.15, 0.2) is 18.2 Å². The number of imide groups is 1. The normalized spacial score (nSPS) is 13.3. The van der Waals surface area contributed by atoms with Crippen LogP contribution in [0.3, 0.4) is 0 Å². The molecule has 0 aromatic heterocycles. The second kappa shape index (κ2) is 5.74. The fourth-order valence-corrected chi connectivity index (χ4v) is 2.06. The van der Waals surface area contributed by atoms with Crippen LogP contribution in [0, 0.1) is 0 Å². The number of carbonyl (C=O) groups excluding carboxylic acids is 3. The number of nitrogens with zero attached hydrogens (tertiary/aromatic N) is 1. The van der Waals surface area contributed by atoms with Crippen LogP contribution in [0.2, 0.25) is 0 Å². The van der Waals surface area contributed by atoms with Gasteiger partial charge in [0.1, 0.15) is 0 Å². The van der Waals surface area contributed by atoms with Crippen molar-refractivity contribution in [1.29, 1.82) is 0 Å². The standard InChI is InChI=1S/C14H14N2O5/c1-16-13(20)9-6-5-8(7-10(9)14(16)21)15-11(17)3-2-4-12(18)19/h5-7H,2-4H2,1H3,(H,15,17)(H,18,19). The van der Waals surface area contributed by atoms with Crippen LogP contribution in [-0.4, -0.2) is 40.7 Å². The predicted molar refractivity (Wildman–Crippen MR) is 73.0 cm³/mol. The van der Waals surface area contributed by atoms with Crippen molar-refractivity contribution in [3.05, 3.63) is 29.3 Å². The molecule has 2 N–H and O–H groups in total. The Bertz CT molecular complexity index is 638. The average Bonchev–Trinajstić information content (AvgIpc) is 2.63. The topological polar surface area (TPSA) is 104 Å². The van der Waals surface area contributed by atoms with Gasteiger partial charge in [0.05, 0.1) is 11.1 Å². The van der Waals surface area contributed by atoms with E-state index in [1.807, 2.05) is 0 Å². The molecule has 21 heavy (non-hydrogen) atoms. The lowest BCUT2D eigenvalue weighted by atomic mass is 10.1. The van der Waals surface area contributed by atoms with Crippen LogP contribution in [-0.2, 0) is 9.59 Å². The van der Waals surface area contributed by atoms with E-state index >= 15 is 0 Å². The van der Waals surface area contributed by atoms with Gasteiger partial charge in [-0.15, -0.1) is 0 Å². The van der Waals surface area contributed by atoms with E-state index in [2.05, 4.69) is 5.32 Å². The minimum atomic E-state index is -0.951. The Kier molecular flexibility index (Phi) is 4.02. The number of nitrogens with one attached hydrogen (secondary N) is 1. The Morgan fingerprint density at radius 3 is 2.48 bits per heavy atom. The molecule has 0 unspecified atom stereocenters. The van der Waals surface area contributed by atoms with Crippen molar-refractivity contribution in [3.8, 4) is 0 Å². The van der Waals surface area contributed by atoms with Crippen LogP contribution in [0.5, 0.6) is 0 Å². The maximum atomic E-state index is 11.8. The van der Waals surface area contributed by atoms with Gasteiger partial charge in [-0.05, 0) is 24.6 Å². The number of benzene rings is 1. The first-order chi connectivity index (χ1) is 9.90. The molecule has 7 heteroatoms. The number of fused-ring (bicyclic) bond motifs is 1. The van der Waals surface area contributed by atoms with Crippen molar-refractivity contribution in [2.45, 2.75) is 19.3 Å². The summed E-state index contributed by atoms with van der Waals surface area (Å²) < 4.78 is 0. The fourth-order valence-electron chi connectivity index (χ4n) is 2.06. The smallest absolute Gasteiger partial charge is 0.303 e. The van der Waals surface area contributed by atoms with E-state index in [9.17, 15) is 19.2 Å². The SMILES string of the molecule is CN1C(=O)c2ccc(NC(=O)CCCC(=O)O)cc2C1=O. The van der Waals surface area contributed by atoms with Gasteiger partial charge in [-0.1, -0.05) is 0 Å². The van der Waals surface area contributed by atoms with Gasteiger partial charge >= 0.3 is 5.97 Å². The molecule has 3 amide bonds. The maximum absolute atomic E-state index is 11.8. The predicted octanol–water partition coefficient (Wildman–Crippen LogP) is 1.11. The molecule has 1 aromatic carbocycles. The summed E-state index contributed by atoms with van der Waals surface area (Å²) in [6, 6.07) is 4.48. The third-order valence-electron chi connectivity index (χ3n) is 3.17. The van der Waals surface area contributed by atoms with Crippen molar-refractivity contribution in [1.82, 2.24) is 4.90 Å². The van der Waals surface area contributed by atoms with E-state index in [-0.39, 0.29) is 36.6 Å². The molecule has 0 spiro atoms. The largest absolute Gasteiger partial charge is 0.481 e. The van der Waals surface area contributed by atoms with Crippen LogP contribution in [0.25, 0.3) is 0 Å². The molecule has 2 rings (SSSR count). The van der Waals surface area contributed by atoms with Crippen LogP contribution in [0.4, 0.5) is 5.69 Å². The lowest BCUT2D eigenvalue weighted by Gasteiger charge is -2.05. The minimum absolute atomic E-state index is 0.0740. The summed E-state index contributed by atoms with van der Waals surface area (Å²) in [6.45, 7) is 0. The van der Waals surface area contributed by atoms with E-state index in [4.69, 9.17) is 5.11 Å². The summed E-state index contributed by atoms with van der Waals surface area (Å²) in [6.07, 6.45) is 0.248. The number of amides is 3. The highest BCUT2D eigenvalue weighted by molar-refractivity contribution is 6.21. The summed E-state index contributed by atoms with van der Waals surface area (Å²) in [4.78, 5) is 46.5. The van der Waals surface area contributed by atoms with E-state index in [1.54, 1.807) is 0 Å². The number of anilines is 1. The average molecular weight is 290 g/mol. The molecule has 1 aliphatic rings. The zero-order valence-electron chi connectivity index (χ0n) is 11.4. The molecule has 0 aliphatic carbocycles. The molecule has 0 fully saturated rings. The molecule has 0 bridgehead atoms. The zero-order valence-corrected chi connectivity index (χ0v) is 11.4. The summed E-state index contributed by atoms with van der Waals surface area (Å²) in [7, 11) is 1.40. The highest BCUT2D eigenvalue weighted by Gasteiger charge is 2.32. The number of hydrogen-bond acceptors (Lipinski definition) is 4. The molecule has 110 valence electrons. The third-order valence-corrected chi connectivity index (χ3v) is 3.17. The molecule has 1 aliphatic heterocycles. The molecule has 1 heterocycles. The van der Waals surface area contributed by atoms with Gasteiger partial charge in [0.15, 0.2) is 0 Å². The van der Waals surface area contributed by atoms with Crippen LogP contribution < -0.4 is 5.32 Å². The number of hydrogen-bond donors (Lipinski definition) is 2. The van der Waals surface area contributed by atoms with Gasteiger partial charge in [-0.2, -0.15) is 0 Å². The van der Waals surface area contributed by atoms with Crippen molar-refractivity contribution >= 4 is 29.4 Å².